The Morgan fingerprint density at radius 1 is 1.53 bits per heavy atom. The molecule has 4 heteroatoms. The first-order valence-corrected chi connectivity index (χ1v) is 6.29. The van der Waals surface area contributed by atoms with E-state index in [1.807, 2.05) is 13.8 Å². The van der Waals surface area contributed by atoms with Gasteiger partial charge in [-0.1, -0.05) is 18.2 Å². The van der Waals surface area contributed by atoms with Gasteiger partial charge >= 0.3 is 0 Å². The Hall–Kier alpha value is -1.84. The van der Waals surface area contributed by atoms with Gasteiger partial charge in [0.05, 0.1) is 0 Å². The lowest BCUT2D eigenvalue weighted by atomic mass is 10.2. The molecular formula is C15H20FNO2. The van der Waals surface area contributed by atoms with Crippen molar-refractivity contribution in [3.63, 3.8) is 0 Å². The third-order valence-electron chi connectivity index (χ3n) is 2.61. The third-order valence-corrected chi connectivity index (χ3v) is 2.61. The van der Waals surface area contributed by atoms with Gasteiger partial charge in [-0.2, -0.15) is 0 Å². The van der Waals surface area contributed by atoms with Crippen LogP contribution in [0.3, 0.4) is 0 Å². The van der Waals surface area contributed by atoms with Gasteiger partial charge in [-0.3, -0.25) is 4.79 Å². The average Bonchev–Trinajstić information content (AvgIpc) is 2.34. The van der Waals surface area contributed by atoms with E-state index in [4.69, 9.17) is 4.74 Å². The normalized spacial score (nSPS) is 11.8. The second kappa shape index (κ2) is 6.92. The molecule has 0 N–H and O–H groups in total. The van der Waals surface area contributed by atoms with Crippen molar-refractivity contribution in [3.05, 3.63) is 42.2 Å². The molecule has 0 radical (unpaired) electrons. The zero-order valence-electron chi connectivity index (χ0n) is 11.6. The Balaban J connectivity index is 2.68. The molecule has 1 aromatic rings. The van der Waals surface area contributed by atoms with Crippen molar-refractivity contribution in [2.24, 2.45) is 0 Å². The molecule has 0 saturated heterocycles. The molecule has 19 heavy (non-hydrogen) atoms. The van der Waals surface area contributed by atoms with Crippen LogP contribution in [0, 0.1) is 5.82 Å². The number of ether oxygens (including phenoxy) is 1. The molecule has 1 unspecified atom stereocenters. The predicted molar refractivity (Wildman–Crippen MR) is 73.6 cm³/mol. The molecule has 1 amide bonds. The molecule has 104 valence electrons. The summed E-state index contributed by atoms with van der Waals surface area (Å²) in [5.41, 5.74) is 0.910. The number of carbonyl (C=O) groups excluding carboxylic acids is 1. The number of hydrogen-bond acceptors (Lipinski definition) is 2. The van der Waals surface area contributed by atoms with E-state index in [2.05, 4.69) is 6.58 Å². The van der Waals surface area contributed by atoms with Gasteiger partial charge in [-0.05, 0) is 32.9 Å². The van der Waals surface area contributed by atoms with Gasteiger partial charge in [0.15, 0.2) is 6.10 Å². The van der Waals surface area contributed by atoms with Crippen LogP contribution in [0.4, 0.5) is 4.39 Å². The molecule has 0 aliphatic heterocycles. The number of benzene rings is 1. The van der Waals surface area contributed by atoms with Gasteiger partial charge in [0.1, 0.15) is 11.6 Å². The lowest BCUT2D eigenvalue weighted by Crippen LogP contribution is -2.41. The van der Waals surface area contributed by atoms with Crippen LogP contribution in [0.25, 0.3) is 0 Å². The van der Waals surface area contributed by atoms with Crippen molar-refractivity contribution in [2.45, 2.75) is 26.9 Å². The van der Waals surface area contributed by atoms with Crippen molar-refractivity contribution >= 4 is 5.91 Å². The minimum absolute atomic E-state index is 0.130. The highest BCUT2D eigenvalue weighted by Crippen LogP contribution is 2.15. The maximum atomic E-state index is 13.0. The second-order valence-corrected chi connectivity index (χ2v) is 4.53. The van der Waals surface area contributed by atoms with Crippen LogP contribution in [0.2, 0.25) is 0 Å². The Morgan fingerprint density at radius 3 is 2.74 bits per heavy atom. The fraction of sp³-hybridized carbons (Fsp3) is 0.400. The highest BCUT2D eigenvalue weighted by Gasteiger charge is 2.20. The minimum Gasteiger partial charge on any atom is -0.481 e. The van der Waals surface area contributed by atoms with Crippen LogP contribution in [0.1, 0.15) is 20.8 Å². The predicted octanol–water partition coefficient (Wildman–Crippen LogP) is 3.02. The first-order valence-electron chi connectivity index (χ1n) is 6.29. The molecule has 0 heterocycles. The van der Waals surface area contributed by atoms with E-state index in [9.17, 15) is 9.18 Å². The molecule has 0 spiro atoms. The van der Waals surface area contributed by atoms with Crippen molar-refractivity contribution in [1.82, 2.24) is 4.90 Å². The summed E-state index contributed by atoms with van der Waals surface area (Å²) in [6.45, 7) is 10.3. The summed E-state index contributed by atoms with van der Waals surface area (Å²) in [6.07, 6.45) is -0.652. The quantitative estimate of drug-likeness (QED) is 0.740. The van der Waals surface area contributed by atoms with Crippen LogP contribution >= 0.6 is 0 Å². The molecule has 1 atom stereocenters. The SMILES string of the molecule is C=C(C)CN(CC)C(=O)C(C)Oc1cccc(F)c1. The summed E-state index contributed by atoms with van der Waals surface area (Å²) >= 11 is 0. The maximum absolute atomic E-state index is 13.0. The number of rotatable bonds is 6. The highest BCUT2D eigenvalue weighted by molar-refractivity contribution is 5.81. The monoisotopic (exact) mass is 265 g/mol. The lowest BCUT2D eigenvalue weighted by molar-refractivity contribution is -0.137. The van der Waals surface area contributed by atoms with E-state index < -0.39 is 6.10 Å². The number of carbonyl (C=O) groups is 1. The van der Waals surface area contributed by atoms with E-state index in [1.165, 1.54) is 12.1 Å². The Kier molecular flexibility index (Phi) is 5.55. The van der Waals surface area contributed by atoms with E-state index in [-0.39, 0.29) is 11.7 Å². The van der Waals surface area contributed by atoms with Crippen molar-refractivity contribution in [1.29, 1.82) is 0 Å². The lowest BCUT2D eigenvalue weighted by Gasteiger charge is -2.25. The number of amides is 1. The third kappa shape index (κ3) is 4.73. The number of hydrogen-bond donors (Lipinski definition) is 0. The molecule has 1 rings (SSSR count). The highest BCUT2D eigenvalue weighted by atomic mass is 19.1. The minimum atomic E-state index is -0.652. The van der Waals surface area contributed by atoms with Crippen LogP contribution in [0.5, 0.6) is 5.75 Å². The van der Waals surface area contributed by atoms with E-state index in [0.717, 1.165) is 5.57 Å². The second-order valence-electron chi connectivity index (χ2n) is 4.53. The smallest absolute Gasteiger partial charge is 0.263 e. The van der Waals surface area contributed by atoms with E-state index in [1.54, 1.807) is 24.0 Å². The fourth-order valence-corrected chi connectivity index (χ4v) is 1.72. The Bertz CT molecular complexity index is 459. The summed E-state index contributed by atoms with van der Waals surface area (Å²) in [5, 5.41) is 0. The first kappa shape index (κ1) is 15.2. The molecule has 0 aromatic heterocycles. The van der Waals surface area contributed by atoms with Crippen LogP contribution in [-0.2, 0) is 4.79 Å². The standard InChI is InChI=1S/C15H20FNO2/c1-5-17(10-11(2)3)15(18)12(4)19-14-8-6-7-13(16)9-14/h6-9,12H,2,5,10H2,1,3-4H3. The van der Waals surface area contributed by atoms with Crippen molar-refractivity contribution < 1.29 is 13.9 Å². The topological polar surface area (TPSA) is 29.5 Å². The fourth-order valence-electron chi connectivity index (χ4n) is 1.72. The average molecular weight is 265 g/mol. The van der Waals surface area contributed by atoms with Crippen LogP contribution < -0.4 is 4.74 Å². The van der Waals surface area contributed by atoms with Gasteiger partial charge in [-0.25, -0.2) is 4.39 Å². The molecule has 0 aliphatic rings. The molecule has 0 bridgehead atoms. The maximum Gasteiger partial charge on any atom is 0.263 e. The van der Waals surface area contributed by atoms with Gasteiger partial charge in [-0.15, -0.1) is 0 Å². The van der Waals surface area contributed by atoms with E-state index >= 15 is 0 Å². The Morgan fingerprint density at radius 2 is 2.21 bits per heavy atom. The summed E-state index contributed by atoms with van der Waals surface area (Å²) in [5.74, 6) is -0.159. The summed E-state index contributed by atoms with van der Waals surface area (Å²) < 4.78 is 18.5. The zero-order valence-corrected chi connectivity index (χ0v) is 11.6. The summed E-state index contributed by atoms with van der Waals surface area (Å²) in [4.78, 5) is 13.8. The van der Waals surface area contributed by atoms with Crippen LogP contribution in [0.15, 0.2) is 36.4 Å². The molecule has 3 nitrogen and oxygen atoms in total. The molecule has 0 fully saturated rings. The van der Waals surface area contributed by atoms with Crippen molar-refractivity contribution in [3.8, 4) is 5.75 Å². The van der Waals surface area contributed by atoms with Gasteiger partial charge < -0.3 is 9.64 Å². The van der Waals surface area contributed by atoms with E-state index in [0.29, 0.717) is 18.8 Å². The first-order chi connectivity index (χ1) is 8.93. The van der Waals surface area contributed by atoms with Gasteiger partial charge in [0.2, 0.25) is 0 Å². The number of likely N-dealkylation sites (N-methyl/N-ethyl adjacent to an activating group) is 1. The summed E-state index contributed by atoms with van der Waals surface area (Å²) in [6, 6.07) is 5.77. The zero-order chi connectivity index (χ0) is 14.4. The van der Waals surface area contributed by atoms with Gasteiger partial charge in [0, 0.05) is 19.2 Å². The van der Waals surface area contributed by atoms with Gasteiger partial charge in [0.25, 0.3) is 5.91 Å². The van der Waals surface area contributed by atoms with Crippen molar-refractivity contribution in [2.75, 3.05) is 13.1 Å². The summed E-state index contributed by atoms with van der Waals surface area (Å²) in [7, 11) is 0. The van der Waals surface area contributed by atoms with Crippen LogP contribution in [-0.4, -0.2) is 30.0 Å². The number of nitrogens with zero attached hydrogens (tertiary/aromatic N) is 1. The molecule has 0 aliphatic carbocycles. The molecule has 0 saturated carbocycles. The molecular weight excluding hydrogens is 245 g/mol. The number of halogens is 1. The molecule has 1 aromatic carbocycles. The largest absolute Gasteiger partial charge is 0.481 e. The Labute approximate surface area is 113 Å².